The maximum Gasteiger partial charge on any atom is 0.416 e. The molecule has 3 unspecified atom stereocenters. The van der Waals surface area contributed by atoms with E-state index in [1.54, 1.807) is 6.92 Å². The molecule has 2 aliphatic carbocycles. The van der Waals surface area contributed by atoms with Gasteiger partial charge in [-0.3, -0.25) is 9.59 Å². The van der Waals surface area contributed by atoms with E-state index >= 15 is 0 Å². The minimum absolute atomic E-state index is 0.0862. The van der Waals surface area contributed by atoms with Gasteiger partial charge in [0.15, 0.2) is 0 Å². The first kappa shape index (κ1) is 26.9. The van der Waals surface area contributed by atoms with Crippen LogP contribution >= 0.6 is 0 Å². The van der Waals surface area contributed by atoms with Crippen LogP contribution in [0.5, 0.6) is 5.75 Å². The Hall–Kier alpha value is -3.70. The van der Waals surface area contributed by atoms with Gasteiger partial charge in [0, 0.05) is 30.6 Å². The highest BCUT2D eigenvalue weighted by atomic mass is 19.4. The fourth-order valence-corrected chi connectivity index (χ4v) is 5.05. The zero-order chi connectivity index (χ0) is 27.9. The highest BCUT2D eigenvalue weighted by molar-refractivity contribution is 6.09. The van der Waals surface area contributed by atoms with Crippen molar-refractivity contribution in [2.75, 3.05) is 6.61 Å². The molecule has 8 nitrogen and oxygen atoms in total. The number of aromatic amines is 1. The van der Waals surface area contributed by atoms with Crippen LogP contribution in [0.15, 0.2) is 24.5 Å². The molecule has 2 amide bonds. The van der Waals surface area contributed by atoms with Gasteiger partial charge in [-0.1, -0.05) is 0 Å². The lowest BCUT2D eigenvalue weighted by Crippen LogP contribution is -2.49. The van der Waals surface area contributed by atoms with Crippen molar-refractivity contribution in [3.8, 4) is 17.0 Å². The summed E-state index contributed by atoms with van der Waals surface area (Å²) in [4.78, 5) is 36.2. The number of carbonyl (C=O) groups excluding carboxylic acids is 2. The van der Waals surface area contributed by atoms with Crippen LogP contribution in [0.4, 0.5) is 17.6 Å². The first-order valence-electron chi connectivity index (χ1n) is 12.9. The molecule has 0 radical (unpaired) electrons. The summed E-state index contributed by atoms with van der Waals surface area (Å²) in [5.74, 6) is -0.157. The largest absolute Gasteiger partial charge is 0.493 e. The number of hydrogen-bond acceptors (Lipinski definition) is 5. The van der Waals surface area contributed by atoms with Gasteiger partial charge >= 0.3 is 6.18 Å². The quantitative estimate of drug-likeness (QED) is 0.366. The lowest BCUT2D eigenvalue weighted by molar-refractivity contribution is -0.137. The number of aryl methyl sites for hydroxylation is 1. The van der Waals surface area contributed by atoms with Gasteiger partial charge in [-0.2, -0.15) is 13.2 Å². The zero-order valence-electron chi connectivity index (χ0n) is 21.5. The van der Waals surface area contributed by atoms with Gasteiger partial charge < -0.3 is 20.4 Å². The van der Waals surface area contributed by atoms with E-state index in [0.29, 0.717) is 31.1 Å². The number of halogens is 4. The molecule has 0 bridgehead atoms. The number of nitrogens with one attached hydrogen (secondary N) is 3. The molecule has 3 aromatic rings. The highest BCUT2D eigenvalue weighted by Gasteiger charge is 2.34. The van der Waals surface area contributed by atoms with Crippen molar-refractivity contribution in [3.05, 3.63) is 41.3 Å². The van der Waals surface area contributed by atoms with E-state index in [-0.39, 0.29) is 52.0 Å². The average molecular weight is 548 g/mol. The number of nitrogens with zero attached hydrogens (tertiary/aromatic N) is 2. The van der Waals surface area contributed by atoms with Gasteiger partial charge in [0.25, 0.3) is 5.91 Å². The van der Waals surface area contributed by atoms with Gasteiger partial charge in [0.05, 0.1) is 29.3 Å². The Balaban J connectivity index is 1.46. The molecule has 1 aromatic carbocycles. The Bertz CT molecular complexity index is 1400. The smallest absolute Gasteiger partial charge is 0.416 e. The van der Waals surface area contributed by atoms with Crippen molar-refractivity contribution in [1.29, 1.82) is 0 Å². The maximum absolute atomic E-state index is 14.9. The number of alkyl halides is 4. The van der Waals surface area contributed by atoms with E-state index in [1.165, 1.54) is 19.3 Å². The van der Waals surface area contributed by atoms with E-state index in [9.17, 15) is 27.2 Å². The number of aromatic nitrogens is 3. The Morgan fingerprint density at radius 1 is 1.13 bits per heavy atom. The topological polar surface area (TPSA) is 109 Å². The predicted molar refractivity (Wildman–Crippen MR) is 135 cm³/mol. The van der Waals surface area contributed by atoms with Crippen LogP contribution in [0.25, 0.3) is 22.3 Å². The molecule has 0 saturated heterocycles. The molecule has 2 aliphatic rings. The minimum atomic E-state index is -4.57. The third kappa shape index (κ3) is 5.84. The molecule has 2 heterocycles. The summed E-state index contributed by atoms with van der Waals surface area (Å²) in [6.07, 6.45) is -1.78. The van der Waals surface area contributed by atoms with Gasteiger partial charge in [0.2, 0.25) is 5.91 Å². The molecule has 5 rings (SSSR count). The molecule has 3 atom stereocenters. The molecular formula is C27H29F4N5O3. The SMILES string of the molecule is CC(=O)NC1CCC(NC(=O)c2c(C)[nH]c3c(-c4cc(C(F)(F)F)ccc4OCC4CC4)ncnc23)C(F)C1. The van der Waals surface area contributed by atoms with Crippen LogP contribution in [0, 0.1) is 12.8 Å². The van der Waals surface area contributed by atoms with Crippen LogP contribution in [-0.4, -0.2) is 51.6 Å². The summed E-state index contributed by atoms with van der Waals surface area (Å²) in [5, 5.41) is 5.45. The highest BCUT2D eigenvalue weighted by Crippen LogP contribution is 2.40. The van der Waals surface area contributed by atoms with Crippen molar-refractivity contribution in [2.45, 2.75) is 70.4 Å². The fraction of sp³-hybridized carbons (Fsp3) is 0.481. The van der Waals surface area contributed by atoms with Crippen molar-refractivity contribution >= 4 is 22.8 Å². The van der Waals surface area contributed by atoms with Crippen LogP contribution in [0.2, 0.25) is 0 Å². The number of fused-ring (bicyclic) bond motifs is 1. The third-order valence-corrected chi connectivity index (χ3v) is 7.23. The van der Waals surface area contributed by atoms with Gasteiger partial charge in [-0.25, -0.2) is 14.4 Å². The standard InChI is InChI=1S/C27H29F4N5O3/c1-13-22(26(38)36-20-7-6-17(10-19(20)28)35-14(2)37)24-25(34-13)23(32-12-33-24)18-9-16(27(29,30)31)5-8-21(18)39-11-15-3-4-15/h5,8-9,12,15,17,19-20,34H,3-4,6-7,10-11H2,1-2H3,(H,35,37)(H,36,38). The predicted octanol–water partition coefficient (Wildman–Crippen LogP) is 4.87. The summed E-state index contributed by atoms with van der Waals surface area (Å²) in [6, 6.07) is 2.20. The lowest BCUT2D eigenvalue weighted by atomic mass is 9.89. The summed E-state index contributed by atoms with van der Waals surface area (Å²) in [6.45, 7) is 3.40. The lowest BCUT2D eigenvalue weighted by Gasteiger charge is -2.32. The van der Waals surface area contributed by atoms with Crippen molar-refractivity contribution in [1.82, 2.24) is 25.6 Å². The van der Waals surface area contributed by atoms with Crippen molar-refractivity contribution < 1.29 is 31.9 Å². The molecule has 3 N–H and O–H groups in total. The fourth-order valence-electron chi connectivity index (χ4n) is 5.05. The van der Waals surface area contributed by atoms with Crippen molar-refractivity contribution in [3.63, 3.8) is 0 Å². The second kappa shape index (κ2) is 10.5. The molecule has 12 heteroatoms. The molecule has 2 fully saturated rings. The Labute approximate surface area is 221 Å². The third-order valence-electron chi connectivity index (χ3n) is 7.23. The summed E-state index contributed by atoms with van der Waals surface area (Å²) in [5.41, 5.74) is 0.513. The number of ether oxygens (including phenoxy) is 1. The van der Waals surface area contributed by atoms with Gasteiger partial charge in [-0.05, 0) is 56.7 Å². The molecular weight excluding hydrogens is 518 g/mol. The number of benzene rings is 1. The van der Waals surface area contributed by atoms with Crippen LogP contribution in [0.1, 0.15) is 60.6 Å². The molecule has 0 aliphatic heterocycles. The van der Waals surface area contributed by atoms with E-state index in [1.807, 2.05) is 0 Å². The van der Waals surface area contributed by atoms with Crippen LogP contribution < -0.4 is 15.4 Å². The van der Waals surface area contributed by atoms with E-state index in [0.717, 1.165) is 25.0 Å². The normalized spacial score (nSPS) is 21.5. The second-order valence-corrected chi connectivity index (χ2v) is 10.3. The second-order valence-electron chi connectivity index (χ2n) is 10.3. The Morgan fingerprint density at radius 2 is 1.90 bits per heavy atom. The molecule has 2 aromatic heterocycles. The Morgan fingerprint density at radius 3 is 2.56 bits per heavy atom. The molecule has 39 heavy (non-hydrogen) atoms. The van der Waals surface area contributed by atoms with Crippen LogP contribution in [0.3, 0.4) is 0 Å². The average Bonchev–Trinajstić information content (AvgIpc) is 3.63. The number of hydrogen-bond donors (Lipinski definition) is 3. The first-order valence-corrected chi connectivity index (χ1v) is 12.9. The minimum Gasteiger partial charge on any atom is -0.493 e. The number of rotatable bonds is 7. The molecule has 2 saturated carbocycles. The number of carbonyl (C=O) groups is 2. The maximum atomic E-state index is 14.9. The van der Waals surface area contributed by atoms with Crippen molar-refractivity contribution in [2.24, 2.45) is 5.92 Å². The zero-order valence-corrected chi connectivity index (χ0v) is 21.5. The summed E-state index contributed by atoms with van der Waals surface area (Å²) >= 11 is 0. The Kier molecular flexibility index (Phi) is 7.21. The van der Waals surface area contributed by atoms with E-state index < -0.39 is 29.9 Å². The summed E-state index contributed by atoms with van der Waals surface area (Å²) < 4.78 is 61.5. The number of amides is 2. The van der Waals surface area contributed by atoms with Gasteiger partial charge in [-0.15, -0.1) is 0 Å². The summed E-state index contributed by atoms with van der Waals surface area (Å²) in [7, 11) is 0. The first-order chi connectivity index (χ1) is 18.5. The van der Waals surface area contributed by atoms with Crippen LogP contribution in [-0.2, 0) is 11.0 Å². The van der Waals surface area contributed by atoms with E-state index in [4.69, 9.17) is 4.74 Å². The van der Waals surface area contributed by atoms with Gasteiger partial charge in [0.1, 0.15) is 29.5 Å². The van der Waals surface area contributed by atoms with E-state index in [2.05, 4.69) is 25.6 Å². The molecule has 208 valence electrons. The number of H-pyrrole nitrogens is 1. The monoisotopic (exact) mass is 547 g/mol. The molecule has 0 spiro atoms.